The van der Waals surface area contributed by atoms with Gasteiger partial charge >= 0.3 is 11.9 Å². The van der Waals surface area contributed by atoms with Gasteiger partial charge < -0.3 is 14.8 Å². The monoisotopic (exact) mass is 423 g/mol. The second-order valence-electron chi connectivity index (χ2n) is 7.70. The maximum Gasteiger partial charge on any atom is 0.357 e. The summed E-state index contributed by atoms with van der Waals surface area (Å²) in [4.78, 5) is 55.5. The molecular formula is C22H21N3O6. The van der Waals surface area contributed by atoms with Crippen LogP contribution in [-0.2, 0) is 17.7 Å². The molecule has 160 valence electrons. The van der Waals surface area contributed by atoms with Gasteiger partial charge in [-0.05, 0) is 67.1 Å². The molecule has 9 nitrogen and oxygen atoms in total. The molecule has 0 aliphatic carbocycles. The van der Waals surface area contributed by atoms with Gasteiger partial charge in [-0.2, -0.15) is 5.90 Å². The number of carbonyl (C=O) groups is 3. The Bertz CT molecular complexity index is 1110. The first-order chi connectivity index (χ1) is 15.0. The second kappa shape index (κ2) is 8.27. The standard InChI is InChI=1S/C22H21N3O6/c23-31-22(29)14-7-6-13(21(27)28)11-16(14)20(26)17-10-12-4-1-2-8-25-9-3-5-15(19(12)25)18(17)24-30/h6-7,10-11H,1-5,8-9,23H2,(H,27,28). The molecule has 0 bridgehead atoms. The Labute approximate surface area is 177 Å². The van der Waals surface area contributed by atoms with Crippen molar-refractivity contribution in [3.05, 3.63) is 62.6 Å². The van der Waals surface area contributed by atoms with Crippen molar-refractivity contribution in [2.24, 2.45) is 11.1 Å². The number of rotatable bonds is 5. The quantitative estimate of drug-likeness (QED) is 0.425. The van der Waals surface area contributed by atoms with E-state index in [1.54, 1.807) is 6.07 Å². The summed E-state index contributed by atoms with van der Waals surface area (Å²) in [5.74, 6) is 2.08. The Morgan fingerprint density at radius 3 is 2.48 bits per heavy atom. The number of benzene rings is 2. The van der Waals surface area contributed by atoms with Crippen LogP contribution < -0.4 is 10.8 Å². The van der Waals surface area contributed by atoms with Crippen molar-refractivity contribution < 1.29 is 24.3 Å². The molecule has 2 aromatic rings. The second-order valence-corrected chi connectivity index (χ2v) is 7.70. The van der Waals surface area contributed by atoms with Crippen LogP contribution in [0.25, 0.3) is 0 Å². The molecule has 3 N–H and O–H groups in total. The first-order valence-electron chi connectivity index (χ1n) is 10.1. The molecular weight excluding hydrogens is 402 g/mol. The van der Waals surface area contributed by atoms with Gasteiger partial charge in [0.05, 0.1) is 16.7 Å². The molecule has 0 aromatic heterocycles. The van der Waals surface area contributed by atoms with E-state index in [0.717, 1.165) is 61.7 Å². The molecule has 2 aliphatic heterocycles. The van der Waals surface area contributed by atoms with E-state index in [2.05, 4.69) is 14.9 Å². The summed E-state index contributed by atoms with van der Waals surface area (Å²) in [5, 5.41) is 12.5. The fourth-order valence-corrected chi connectivity index (χ4v) is 4.53. The van der Waals surface area contributed by atoms with Crippen LogP contribution in [0.2, 0.25) is 0 Å². The first kappa shape index (κ1) is 20.7. The molecule has 9 heteroatoms. The number of anilines is 1. The Balaban J connectivity index is 1.93. The lowest BCUT2D eigenvalue weighted by molar-refractivity contribution is 0.0499. The Hall–Kier alpha value is -3.59. The first-order valence-corrected chi connectivity index (χ1v) is 10.1. The third-order valence-corrected chi connectivity index (χ3v) is 5.92. The minimum Gasteiger partial charge on any atom is -0.478 e. The van der Waals surface area contributed by atoms with E-state index in [0.29, 0.717) is 6.42 Å². The summed E-state index contributed by atoms with van der Waals surface area (Å²) in [6.45, 7) is 1.78. The zero-order valence-electron chi connectivity index (χ0n) is 16.7. The van der Waals surface area contributed by atoms with Crippen molar-refractivity contribution >= 4 is 29.1 Å². The maximum absolute atomic E-state index is 13.5. The zero-order valence-corrected chi connectivity index (χ0v) is 16.7. The van der Waals surface area contributed by atoms with E-state index < -0.39 is 17.7 Å². The molecule has 0 amide bonds. The number of ketones is 1. The number of nitrogens with zero attached hydrogens (tertiary/aromatic N) is 2. The number of aryl methyl sites for hydroxylation is 1. The van der Waals surface area contributed by atoms with Gasteiger partial charge in [0, 0.05) is 29.9 Å². The van der Waals surface area contributed by atoms with E-state index in [1.165, 1.54) is 12.1 Å². The highest BCUT2D eigenvalue weighted by Gasteiger charge is 2.31. The van der Waals surface area contributed by atoms with Gasteiger partial charge in [0.15, 0.2) is 5.78 Å². The minimum absolute atomic E-state index is 0.0446. The number of nitrogens with two attached hydrogens (primary N) is 1. The predicted molar refractivity (Wildman–Crippen MR) is 112 cm³/mol. The SMILES string of the molecule is NOC(=O)c1ccc(C(=O)O)cc1C(=O)c1cc2c3c(c1N=O)CCCN3CCCC2. The third kappa shape index (κ3) is 3.57. The normalized spacial score (nSPS) is 14.9. The van der Waals surface area contributed by atoms with Crippen molar-refractivity contribution in [1.82, 2.24) is 0 Å². The average Bonchev–Trinajstić information content (AvgIpc) is 3.00. The zero-order chi connectivity index (χ0) is 22.1. The number of carbonyl (C=O) groups excluding carboxylic acids is 2. The predicted octanol–water partition coefficient (Wildman–Crippen LogP) is 3.13. The molecule has 31 heavy (non-hydrogen) atoms. The molecule has 0 saturated heterocycles. The maximum atomic E-state index is 13.5. The van der Waals surface area contributed by atoms with Gasteiger partial charge in [-0.15, -0.1) is 4.91 Å². The molecule has 0 radical (unpaired) electrons. The van der Waals surface area contributed by atoms with Crippen molar-refractivity contribution in [3.63, 3.8) is 0 Å². The lowest BCUT2D eigenvalue weighted by Gasteiger charge is -2.32. The number of hydrogen-bond donors (Lipinski definition) is 2. The van der Waals surface area contributed by atoms with Crippen LogP contribution in [0.5, 0.6) is 0 Å². The van der Waals surface area contributed by atoms with E-state index in [1.807, 2.05) is 0 Å². The summed E-state index contributed by atoms with van der Waals surface area (Å²) in [6, 6.07) is 5.11. The molecule has 0 fully saturated rings. The molecule has 2 heterocycles. The summed E-state index contributed by atoms with van der Waals surface area (Å²) in [6.07, 6.45) is 4.17. The van der Waals surface area contributed by atoms with E-state index in [9.17, 15) is 24.4 Å². The van der Waals surface area contributed by atoms with Crippen LogP contribution in [-0.4, -0.2) is 35.9 Å². The molecule has 4 rings (SSSR count). The Morgan fingerprint density at radius 2 is 1.77 bits per heavy atom. The van der Waals surface area contributed by atoms with Gasteiger partial charge in [-0.1, -0.05) is 0 Å². The Morgan fingerprint density at radius 1 is 1.00 bits per heavy atom. The molecule has 0 spiro atoms. The van der Waals surface area contributed by atoms with Crippen molar-refractivity contribution in [3.8, 4) is 0 Å². The fourth-order valence-electron chi connectivity index (χ4n) is 4.53. The molecule has 0 atom stereocenters. The van der Waals surface area contributed by atoms with Gasteiger partial charge in [0.1, 0.15) is 5.69 Å². The van der Waals surface area contributed by atoms with Gasteiger partial charge in [-0.25, -0.2) is 9.59 Å². The number of aromatic carboxylic acids is 1. The van der Waals surface area contributed by atoms with E-state index >= 15 is 0 Å². The van der Waals surface area contributed by atoms with Gasteiger partial charge in [0.2, 0.25) is 0 Å². The van der Waals surface area contributed by atoms with Crippen molar-refractivity contribution in [2.75, 3.05) is 18.0 Å². The lowest BCUT2D eigenvalue weighted by atomic mass is 9.88. The molecule has 0 saturated carbocycles. The van der Waals surface area contributed by atoms with Crippen LogP contribution in [0.1, 0.15) is 67.0 Å². The fraction of sp³-hybridized carbons (Fsp3) is 0.318. The molecule has 0 unspecified atom stereocenters. The molecule has 2 aromatic carbocycles. The summed E-state index contributed by atoms with van der Waals surface area (Å²) >= 11 is 0. The number of hydrogen-bond acceptors (Lipinski definition) is 8. The van der Waals surface area contributed by atoms with Crippen LogP contribution in [0.15, 0.2) is 29.4 Å². The van der Waals surface area contributed by atoms with Crippen LogP contribution >= 0.6 is 0 Å². The minimum atomic E-state index is -1.26. The third-order valence-electron chi connectivity index (χ3n) is 5.92. The van der Waals surface area contributed by atoms with Gasteiger partial charge in [0.25, 0.3) is 0 Å². The average molecular weight is 423 g/mol. The van der Waals surface area contributed by atoms with Gasteiger partial charge in [-0.3, -0.25) is 4.79 Å². The highest BCUT2D eigenvalue weighted by atomic mass is 16.7. The topological polar surface area (TPSA) is 139 Å². The van der Waals surface area contributed by atoms with E-state index in [4.69, 9.17) is 5.90 Å². The lowest BCUT2D eigenvalue weighted by Crippen LogP contribution is -2.30. The van der Waals surface area contributed by atoms with Crippen LogP contribution in [0.3, 0.4) is 0 Å². The van der Waals surface area contributed by atoms with Crippen molar-refractivity contribution in [1.29, 1.82) is 0 Å². The number of carboxylic acids is 1. The smallest absolute Gasteiger partial charge is 0.357 e. The largest absolute Gasteiger partial charge is 0.478 e. The number of carboxylic acid groups (broad SMARTS) is 1. The summed E-state index contributed by atoms with van der Waals surface area (Å²) < 4.78 is 0. The Kier molecular flexibility index (Phi) is 5.51. The van der Waals surface area contributed by atoms with Crippen LogP contribution in [0, 0.1) is 4.91 Å². The van der Waals surface area contributed by atoms with Crippen molar-refractivity contribution in [2.45, 2.75) is 32.1 Å². The molecule has 2 aliphatic rings. The summed E-state index contributed by atoms with van der Waals surface area (Å²) in [5.41, 5.74) is 2.22. The highest BCUT2D eigenvalue weighted by molar-refractivity contribution is 6.18. The summed E-state index contributed by atoms with van der Waals surface area (Å²) in [7, 11) is 0. The highest BCUT2D eigenvalue weighted by Crippen LogP contribution is 2.42. The number of nitroso groups, excluding NO2 is 1. The van der Waals surface area contributed by atoms with Crippen LogP contribution in [0.4, 0.5) is 11.4 Å². The van der Waals surface area contributed by atoms with E-state index in [-0.39, 0.29) is 27.9 Å².